The predicted molar refractivity (Wildman–Crippen MR) is 108 cm³/mol. The van der Waals surface area contributed by atoms with Crippen molar-refractivity contribution >= 4 is 5.91 Å². The first-order chi connectivity index (χ1) is 14.9. The number of hydrogen-bond acceptors (Lipinski definition) is 4. The molecule has 1 saturated carbocycles. The highest BCUT2D eigenvalue weighted by atomic mass is 19.4. The van der Waals surface area contributed by atoms with Crippen LogP contribution in [-0.4, -0.2) is 31.7 Å². The Morgan fingerprint density at radius 3 is 2.58 bits per heavy atom. The molecule has 0 unspecified atom stereocenters. The predicted octanol–water partition coefficient (Wildman–Crippen LogP) is 4.20. The van der Waals surface area contributed by atoms with Crippen molar-refractivity contribution in [1.82, 2.24) is 25.1 Å². The minimum atomic E-state index is -4.47. The van der Waals surface area contributed by atoms with Crippen molar-refractivity contribution in [2.75, 3.05) is 0 Å². The van der Waals surface area contributed by atoms with Crippen LogP contribution in [0.4, 0.5) is 13.2 Å². The van der Waals surface area contributed by atoms with Gasteiger partial charge in [-0.25, -0.2) is 0 Å². The van der Waals surface area contributed by atoms with E-state index in [0.29, 0.717) is 0 Å². The monoisotopic (exact) mass is 429 g/mol. The average molecular weight is 429 g/mol. The number of benzene rings is 1. The molecule has 2 aromatic heterocycles. The van der Waals surface area contributed by atoms with Crippen LogP contribution in [0.25, 0.3) is 11.3 Å². The van der Waals surface area contributed by atoms with Gasteiger partial charge in [0, 0.05) is 30.2 Å². The maximum absolute atomic E-state index is 13.1. The minimum absolute atomic E-state index is 0.00531. The van der Waals surface area contributed by atoms with Crippen LogP contribution in [0.3, 0.4) is 0 Å². The van der Waals surface area contributed by atoms with E-state index >= 15 is 0 Å². The number of halogens is 3. The lowest BCUT2D eigenvalue weighted by molar-refractivity contribution is -0.138. The fourth-order valence-electron chi connectivity index (χ4n) is 4.01. The molecule has 0 aliphatic heterocycles. The summed E-state index contributed by atoms with van der Waals surface area (Å²) in [5, 5.41) is 7.34. The van der Waals surface area contributed by atoms with Crippen LogP contribution in [0.1, 0.15) is 42.9 Å². The number of amides is 1. The SMILES string of the molecule is O=C(Cc1ccccc1C(F)(F)F)NC1CCC(n2cc(-c3cnccn3)cn2)CC1. The number of nitrogens with zero attached hydrogens (tertiary/aromatic N) is 4. The molecule has 0 radical (unpaired) electrons. The van der Waals surface area contributed by atoms with Crippen LogP contribution in [0.2, 0.25) is 0 Å². The van der Waals surface area contributed by atoms with Crippen molar-refractivity contribution in [3.63, 3.8) is 0 Å². The first kappa shape index (κ1) is 21.0. The third-order valence-corrected chi connectivity index (χ3v) is 5.57. The van der Waals surface area contributed by atoms with Gasteiger partial charge in [-0.05, 0) is 37.3 Å². The maximum Gasteiger partial charge on any atom is 0.416 e. The summed E-state index contributed by atoms with van der Waals surface area (Å²) in [6.45, 7) is 0. The Labute approximate surface area is 177 Å². The van der Waals surface area contributed by atoms with Crippen LogP contribution in [0.15, 0.2) is 55.2 Å². The summed E-state index contributed by atoms with van der Waals surface area (Å²) in [5.41, 5.74) is 0.890. The number of rotatable bonds is 5. The summed E-state index contributed by atoms with van der Waals surface area (Å²) in [5.74, 6) is -0.385. The van der Waals surface area contributed by atoms with Gasteiger partial charge >= 0.3 is 6.18 Å². The minimum Gasteiger partial charge on any atom is -0.353 e. The first-order valence-electron chi connectivity index (χ1n) is 10.1. The number of alkyl halides is 3. The van der Waals surface area contributed by atoms with E-state index < -0.39 is 11.7 Å². The standard InChI is InChI=1S/C22H22F3N5O/c23-22(24,25)19-4-2-1-3-15(19)11-21(31)29-17-5-7-18(8-6-17)30-14-16(12-28-30)20-13-26-9-10-27-20/h1-4,9-10,12-14,17-18H,5-8,11H2,(H,29,31). The fourth-order valence-corrected chi connectivity index (χ4v) is 4.01. The molecule has 2 heterocycles. The topological polar surface area (TPSA) is 72.7 Å². The second-order valence-electron chi connectivity index (χ2n) is 7.70. The van der Waals surface area contributed by atoms with E-state index in [1.165, 1.54) is 18.2 Å². The van der Waals surface area contributed by atoms with Gasteiger partial charge in [-0.15, -0.1) is 0 Å². The van der Waals surface area contributed by atoms with Gasteiger partial charge in [0.25, 0.3) is 0 Å². The van der Waals surface area contributed by atoms with E-state index in [4.69, 9.17) is 0 Å². The first-order valence-corrected chi connectivity index (χ1v) is 10.1. The molecule has 1 fully saturated rings. The van der Waals surface area contributed by atoms with E-state index in [-0.39, 0.29) is 30.0 Å². The van der Waals surface area contributed by atoms with E-state index in [1.54, 1.807) is 24.8 Å². The van der Waals surface area contributed by atoms with Gasteiger partial charge in [0.2, 0.25) is 5.91 Å². The lowest BCUT2D eigenvalue weighted by Crippen LogP contribution is -2.39. The number of carbonyl (C=O) groups is 1. The van der Waals surface area contributed by atoms with Crippen molar-refractivity contribution in [3.8, 4) is 11.3 Å². The summed E-state index contributed by atoms with van der Waals surface area (Å²) in [7, 11) is 0. The summed E-state index contributed by atoms with van der Waals surface area (Å²) in [4.78, 5) is 20.7. The molecule has 1 amide bonds. The fraction of sp³-hybridized carbons (Fsp3) is 0.364. The molecule has 0 saturated heterocycles. The lowest BCUT2D eigenvalue weighted by Gasteiger charge is -2.29. The zero-order valence-corrected chi connectivity index (χ0v) is 16.7. The van der Waals surface area contributed by atoms with Gasteiger partial charge in [-0.3, -0.25) is 19.4 Å². The second-order valence-corrected chi connectivity index (χ2v) is 7.70. The third kappa shape index (κ3) is 5.10. The molecule has 1 N–H and O–H groups in total. The highest BCUT2D eigenvalue weighted by Gasteiger charge is 2.33. The van der Waals surface area contributed by atoms with Crippen LogP contribution in [0.5, 0.6) is 0 Å². The van der Waals surface area contributed by atoms with E-state index in [2.05, 4.69) is 20.4 Å². The Kier molecular flexibility index (Phi) is 6.01. The molecular formula is C22H22F3N5O. The van der Waals surface area contributed by atoms with Gasteiger partial charge in [0.05, 0.1) is 36.1 Å². The highest BCUT2D eigenvalue weighted by Crippen LogP contribution is 2.32. The van der Waals surface area contributed by atoms with Gasteiger partial charge in [0.15, 0.2) is 0 Å². The van der Waals surface area contributed by atoms with Crippen LogP contribution >= 0.6 is 0 Å². The molecule has 1 aliphatic rings. The Bertz CT molecular complexity index is 1030. The molecule has 4 rings (SSSR count). The number of carbonyl (C=O) groups excluding carboxylic acids is 1. The van der Waals surface area contributed by atoms with Crippen molar-refractivity contribution in [3.05, 3.63) is 66.4 Å². The van der Waals surface area contributed by atoms with Crippen molar-refractivity contribution in [2.24, 2.45) is 0 Å². The Hall–Kier alpha value is -3.23. The highest BCUT2D eigenvalue weighted by molar-refractivity contribution is 5.79. The Morgan fingerprint density at radius 2 is 1.87 bits per heavy atom. The Balaban J connectivity index is 1.31. The average Bonchev–Trinajstić information content (AvgIpc) is 3.25. The van der Waals surface area contributed by atoms with Gasteiger partial charge in [-0.1, -0.05) is 18.2 Å². The van der Waals surface area contributed by atoms with Crippen LogP contribution < -0.4 is 5.32 Å². The summed E-state index contributed by atoms with van der Waals surface area (Å²) in [6.07, 6.45) is 7.03. The van der Waals surface area contributed by atoms with E-state index in [1.807, 2.05) is 10.9 Å². The van der Waals surface area contributed by atoms with Crippen LogP contribution in [0, 0.1) is 0 Å². The molecule has 3 aromatic rings. The summed E-state index contributed by atoms with van der Waals surface area (Å²) in [6, 6.07) is 5.37. The van der Waals surface area contributed by atoms with Gasteiger partial charge in [-0.2, -0.15) is 18.3 Å². The molecule has 0 atom stereocenters. The molecule has 31 heavy (non-hydrogen) atoms. The van der Waals surface area contributed by atoms with Crippen LogP contribution in [-0.2, 0) is 17.4 Å². The molecule has 1 aliphatic carbocycles. The molecule has 0 bridgehead atoms. The Morgan fingerprint density at radius 1 is 1.10 bits per heavy atom. The van der Waals surface area contributed by atoms with Crippen molar-refractivity contribution in [1.29, 1.82) is 0 Å². The summed E-state index contributed by atoms with van der Waals surface area (Å²) >= 11 is 0. The zero-order valence-electron chi connectivity index (χ0n) is 16.7. The second kappa shape index (κ2) is 8.87. The smallest absolute Gasteiger partial charge is 0.353 e. The number of hydrogen-bond donors (Lipinski definition) is 1. The zero-order chi connectivity index (χ0) is 21.8. The van der Waals surface area contributed by atoms with Gasteiger partial charge in [0.1, 0.15) is 0 Å². The lowest BCUT2D eigenvalue weighted by atomic mass is 9.91. The molecule has 9 heteroatoms. The molecular weight excluding hydrogens is 407 g/mol. The largest absolute Gasteiger partial charge is 0.416 e. The molecule has 0 spiro atoms. The maximum atomic E-state index is 13.1. The number of nitrogens with one attached hydrogen (secondary N) is 1. The third-order valence-electron chi connectivity index (χ3n) is 5.57. The van der Waals surface area contributed by atoms with Crippen molar-refractivity contribution < 1.29 is 18.0 Å². The molecule has 6 nitrogen and oxygen atoms in total. The summed E-state index contributed by atoms with van der Waals surface area (Å²) < 4.78 is 41.3. The number of aromatic nitrogens is 4. The molecule has 162 valence electrons. The van der Waals surface area contributed by atoms with Gasteiger partial charge < -0.3 is 5.32 Å². The quantitative estimate of drug-likeness (QED) is 0.660. The van der Waals surface area contributed by atoms with E-state index in [0.717, 1.165) is 43.0 Å². The normalized spacial score (nSPS) is 19.2. The molecule has 1 aromatic carbocycles. The van der Waals surface area contributed by atoms with E-state index in [9.17, 15) is 18.0 Å². The van der Waals surface area contributed by atoms with Crippen molar-refractivity contribution in [2.45, 2.75) is 50.4 Å².